The second-order valence-electron chi connectivity index (χ2n) is 19.5. The Bertz CT molecular complexity index is 1400. The molecule has 0 rings (SSSR count). The quantitative estimate of drug-likeness (QED) is 0.0211. The van der Waals surface area contributed by atoms with Crippen LogP contribution in [0.2, 0.25) is 0 Å². The first-order chi connectivity index (χ1) is 33.6. The zero-order chi connectivity index (χ0) is 50.6. The van der Waals surface area contributed by atoms with Crippen LogP contribution in [-0.4, -0.2) is 87.4 Å². The van der Waals surface area contributed by atoms with Crippen LogP contribution in [-0.2, 0) is 33.3 Å². The second kappa shape index (κ2) is 50.8. The van der Waals surface area contributed by atoms with Gasteiger partial charge in [-0.05, 0) is 83.5 Å². The molecule has 0 aromatic carbocycles. The summed E-state index contributed by atoms with van der Waals surface area (Å²) in [5.41, 5.74) is 0. The molecule has 0 saturated heterocycles. The van der Waals surface area contributed by atoms with Crippen molar-refractivity contribution >= 4 is 17.9 Å². The molecule has 0 heterocycles. The number of carbonyl (C=O) groups excluding carboxylic acids is 2. The lowest BCUT2D eigenvalue weighted by Crippen LogP contribution is -2.40. The molecule has 0 aliphatic rings. The number of allylic oxidation sites excluding steroid dienone is 14. The summed E-state index contributed by atoms with van der Waals surface area (Å²) in [5, 5.41) is 9.68. The number of ether oxygens (including phenoxy) is 4. The lowest BCUT2D eigenvalue weighted by Gasteiger charge is -2.25. The molecule has 0 aliphatic carbocycles. The summed E-state index contributed by atoms with van der Waals surface area (Å²) in [6.07, 6.45) is 63.8. The number of unbranched alkanes of at least 4 members (excludes halogenated alkanes) is 21. The number of aliphatic carboxylic acids is 1. The minimum atomic E-state index is -1.52. The van der Waals surface area contributed by atoms with Crippen molar-refractivity contribution in [3.63, 3.8) is 0 Å². The van der Waals surface area contributed by atoms with Gasteiger partial charge in [-0.1, -0.05) is 208 Å². The van der Waals surface area contributed by atoms with Gasteiger partial charge in [0.05, 0.1) is 34.4 Å². The van der Waals surface area contributed by atoms with Gasteiger partial charge >= 0.3 is 17.9 Å². The Morgan fingerprint density at radius 1 is 0.449 bits per heavy atom. The van der Waals surface area contributed by atoms with Crippen LogP contribution in [0.1, 0.15) is 219 Å². The Morgan fingerprint density at radius 3 is 1.23 bits per heavy atom. The first kappa shape index (κ1) is 65.5. The van der Waals surface area contributed by atoms with Crippen molar-refractivity contribution < 1.29 is 42.9 Å². The lowest BCUT2D eigenvalue weighted by molar-refractivity contribution is -0.870. The minimum Gasteiger partial charge on any atom is -0.477 e. The van der Waals surface area contributed by atoms with E-state index in [4.69, 9.17) is 18.9 Å². The number of hydrogen-bond acceptors (Lipinski definition) is 7. The number of esters is 2. The van der Waals surface area contributed by atoms with Gasteiger partial charge in [0.2, 0.25) is 0 Å². The number of rotatable bonds is 50. The van der Waals surface area contributed by atoms with E-state index in [1.165, 1.54) is 89.9 Å². The van der Waals surface area contributed by atoms with Crippen LogP contribution >= 0.6 is 0 Å². The third-order valence-electron chi connectivity index (χ3n) is 11.6. The molecule has 0 aromatic rings. The van der Waals surface area contributed by atoms with Gasteiger partial charge in [-0.25, -0.2) is 4.79 Å². The monoisotopic (exact) mass is 967 g/mol. The molecule has 9 heteroatoms. The van der Waals surface area contributed by atoms with Gasteiger partial charge in [-0.15, -0.1) is 0 Å². The Labute approximate surface area is 423 Å². The Morgan fingerprint density at radius 2 is 0.826 bits per heavy atom. The molecular formula is C60H104NO8+. The molecule has 1 N–H and O–H groups in total. The van der Waals surface area contributed by atoms with Crippen LogP contribution in [0.25, 0.3) is 0 Å². The molecule has 2 unspecified atom stereocenters. The third kappa shape index (κ3) is 52.1. The van der Waals surface area contributed by atoms with Gasteiger partial charge in [0.25, 0.3) is 6.29 Å². The van der Waals surface area contributed by atoms with Gasteiger partial charge in [-0.3, -0.25) is 9.59 Å². The van der Waals surface area contributed by atoms with E-state index < -0.39 is 24.3 Å². The summed E-state index contributed by atoms with van der Waals surface area (Å²) in [4.78, 5) is 37.3. The van der Waals surface area contributed by atoms with Crippen molar-refractivity contribution in [2.75, 3.05) is 47.5 Å². The van der Waals surface area contributed by atoms with Gasteiger partial charge in [0.15, 0.2) is 6.10 Å². The van der Waals surface area contributed by atoms with Gasteiger partial charge in [0, 0.05) is 12.8 Å². The van der Waals surface area contributed by atoms with E-state index in [9.17, 15) is 19.5 Å². The van der Waals surface area contributed by atoms with Crippen molar-refractivity contribution in [1.82, 2.24) is 0 Å². The van der Waals surface area contributed by atoms with Crippen molar-refractivity contribution in [3.05, 3.63) is 85.1 Å². The fourth-order valence-corrected chi connectivity index (χ4v) is 7.37. The fourth-order valence-electron chi connectivity index (χ4n) is 7.37. The average molecular weight is 967 g/mol. The molecule has 0 aliphatic heterocycles. The number of nitrogens with zero attached hydrogens (tertiary/aromatic N) is 1. The van der Waals surface area contributed by atoms with E-state index in [1.54, 1.807) is 0 Å². The average Bonchev–Trinajstić information content (AvgIpc) is 3.31. The number of likely N-dealkylation sites (N-methyl/N-ethyl adjacent to an activating group) is 1. The minimum absolute atomic E-state index is 0.183. The highest BCUT2D eigenvalue weighted by molar-refractivity contribution is 5.71. The fraction of sp³-hybridized carbons (Fsp3) is 0.717. The molecule has 0 aromatic heterocycles. The van der Waals surface area contributed by atoms with Crippen molar-refractivity contribution in [2.45, 2.75) is 232 Å². The summed E-state index contributed by atoms with van der Waals surface area (Å²) in [6, 6.07) is 0. The van der Waals surface area contributed by atoms with E-state index >= 15 is 0 Å². The molecule has 0 spiro atoms. The highest BCUT2D eigenvalue weighted by Gasteiger charge is 2.25. The predicted octanol–water partition coefficient (Wildman–Crippen LogP) is 16.0. The van der Waals surface area contributed by atoms with Crippen LogP contribution in [0.15, 0.2) is 85.1 Å². The summed E-state index contributed by atoms with van der Waals surface area (Å²) < 4.78 is 22.8. The first-order valence-electron chi connectivity index (χ1n) is 27.8. The molecule has 69 heavy (non-hydrogen) atoms. The maximum Gasteiger partial charge on any atom is 0.361 e. The molecule has 396 valence electrons. The number of carboxylic acids is 1. The molecule has 0 amide bonds. The summed E-state index contributed by atoms with van der Waals surface area (Å²) in [6.45, 7) is 4.68. The van der Waals surface area contributed by atoms with Crippen LogP contribution in [0.3, 0.4) is 0 Å². The van der Waals surface area contributed by atoms with Crippen molar-refractivity contribution in [1.29, 1.82) is 0 Å². The van der Waals surface area contributed by atoms with Crippen LogP contribution < -0.4 is 0 Å². The standard InChI is InChI=1S/C60H103NO8/c1-6-8-10-12-14-16-18-20-21-22-23-24-25-26-27-28-29-30-31-32-33-34-35-36-37-39-41-43-45-47-49-51-58(63)69-56(55-68-60(59(64)65)66-53-52-61(3,4)5)54-67-57(62)50-48-46-44-42-40-38-19-17-15-13-11-9-7-2/h8,10-11,13-14,16-17,19-21,23-24,26-27,56,60H,6-7,9,12,15,18,22,25,28-55H2,1-5H3/p+1/b10-8-,13-11-,16-14-,19-17-,21-20-,24-23-,27-26-. The van der Waals surface area contributed by atoms with Gasteiger partial charge in [-0.2, -0.15) is 0 Å². The van der Waals surface area contributed by atoms with Gasteiger partial charge < -0.3 is 28.5 Å². The molecule has 9 nitrogen and oxygen atoms in total. The van der Waals surface area contributed by atoms with Crippen LogP contribution in [0.4, 0.5) is 0 Å². The van der Waals surface area contributed by atoms with E-state index in [-0.39, 0.29) is 38.6 Å². The van der Waals surface area contributed by atoms with Crippen LogP contribution in [0, 0.1) is 0 Å². The highest BCUT2D eigenvalue weighted by atomic mass is 16.7. The van der Waals surface area contributed by atoms with Crippen LogP contribution in [0.5, 0.6) is 0 Å². The first-order valence-corrected chi connectivity index (χ1v) is 27.8. The van der Waals surface area contributed by atoms with E-state index in [2.05, 4.69) is 98.9 Å². The largest absolute Gasteiger partial charge is 0.477 e. The van der Waals surface area contributed by atoms with E-state index in [0.717, 1.165) is 96.3 Å². The maximum atomic E-state index is 12.8. The molecule has 2 atom stereocenters. The van der Waals surface area contributed by atoms with E-state index in [0.29, 0.717) is 17.4 Å². The summed E-state index contributed by atoms with van der Waals surface area (Å²) in [7, 11) is 5.96. The number of carboxylic acid groups (broad SMARTS) is 1. The van der Waals surface area contributed by atoms with Gasteiger partial charge in [0.1, 0.15) is 13.2 Å². The molecule has 0 fully saturated rings. The van der Waals surface area contributed by atoms with Crippen molar-refractivity contribution in [2.24, 2.45) is 0 Å². The summed E-state index contributed by atoms with van der Waals surface area (Å²) >= 11 is 0. The smallest absolute Gasteiger partial charge is 0.361 e. The Balaban J connectivity index is 4.16. The third-order valence-corrected chi connectivity index (χ3v) is 11.6. The Hall–Kier alpha value is -3.53. The number of hydrogen-bond donors (Lipinski definition) is 1. The second-order valence-corrected chi connectivity index (χ2v) is 19.5. The number of quaternary nitrogens is 1. The normalized spacial score (nSPS) is 13.5. The SMILES string of the molecule is CC/C=C\C/C=C\C/C=C\C/C=C\C/C=C\CCCCCCCCCCCCCCCCCC(=O)OC(COC(=O)CCCCCCC/C=C\C/C=C\CCC)COC(OCC[N+](C)(C)C)C(=O)O. The zero-order valence-electron chi connectivity index (χ0n) is 44.9. The predicted molar refractivity (Wildman–Crippen MR) is 290 cm³/mol. The number of carbonyl (C=O) groups is 3. The lowest BCUT2D eigenvalue weighted by atomic mass is 10.0. The maximum absolute atomic E-state index is 12.8. The zero-order valence-corrected chi connectivity index (χ0v) is 44.9. The Kier molecular flexibility index (Phi) is 48.2. The molecule has 0 radical (unpaired) electrons. The van der Waals surface area contributed by atoms with Crippen molar-refractivity contribution in [3.8, 4) is 0 Å². The molecule has 0 bridgehead atoms. The molecule has 0 saturated carbocycles. The summed E-state index contributed by atoms with van der Waals surface area (Å²) in [5.74, 6) is -2.03. The topological polar surface area (TPSA) is 108 Å². The molecular weight excluding hydrogens is 863 g/mol. The highest BCUT2D eigenvalue weighted by Crippen LogP contribution is 2.16. The van der Waals surface area contributed by atoms with E-state index in [1.807, 2.05) is 21.1 Å².